The van der Waals surface area contributed by atoms with Crippen LogP contribution in [0.5, 0.6) is 0 Å². The van der Waals surface area contributed by atoms with Gasteiger partial charge in [0.25, 0.3) is 0 Å². The van der Waals surface area contributed by atoms with Gasteiger partial charge < -0.3 is 0 Å². The molecule has 0 bridgehead atoms. The lowest BCUT2D eigenvalue weighted by Crippen LogP contribution is -2.10. The maximum absolute atomic E-state index is 4.02. The van der Waals surface area contributed by atoms with E-state index in [1.807, 2.05) is 0 Å². The Balaban J connectivity index is -0.000000123. The Labute approximate surface area is 595 Å². The Hall–Kier alpha value is -2.60. The highest BCUT2D eigenvalue weighted by Crippen LogP contribution is 2.28. The zero-order valence-corrected chi connectivity index (χ0v) is 71.1. The summed E-state index contributed by atoms with van der Waals surface area (Å²) in [4.78, 5) is 0. The SMILES string of the molecule is C=C(C)C(C)C(CC)CC.C=C(C)C(C)C(CC)CC.C=C(C)C(C)CCC(CC)CCC.C=C(C)CCC(CC)CCC.C=C(C)CCC(CC)CCC(=C)C.C=C(C)CCC(CC)CCC(C)C(=C)C.C=C(CC)C(C)C.C=C(CC)C(C)CC.CCC(C)CC. The molecule has 93 heavy (non-hydrogen) atoms. The van der Waals surface area contributed by atoms with Crippen molar-refractivity contribution in [2.24, 2.45) is 76.9 Å². The van der Waals surface area contributed by atoms with E-state index in [2.05, 4.69) is 280 Å². The van der Waals surface area contributed by atoms with Gasteiger partial charge in [0.2, 0.25) is 0 Å². The van der Waals surface area contributed by atoms with Gasteiger partial charge in [-0.15, -0.1) is 26.3 Å². The van der Waals surface area contributed by atoms with Gasteiger partial charge in [0.05, 0.1) is 0 Å². The Bertz CT molecular complexity index is 1690. The minimum Gasteiger partial charge on any atom is -0.100 e. The van der Waals surface area contributed by atoms with Crippen molar-refractivity contribution in [1.29, 1.82) is 0 Å². The third kappa shape index (κ3) is 81.7. The Morgan fingerprint density at radius 3 is 0.624 bits per heavy atom. The van der Waals surface area contributed by atoms with E-state index in [-0.39, 0.29) is 0 Å². The first-order chi connectivity index (χ1) is 43.3. The van der Waals surface area contributed by atoms with E-state index in [4.69, 9.17) is 0 Å². The zero-order valence-electron chi connectivity index (χ0n) is 71.1. The summed E-state index contributed by atoms with van der Waals surface area (Å²) in [6.07, 6.45) is 37.4. The van der Waals surface area contributed by atoms with E-state index >= 15 is 0 Å². The number of hydrogen-bond donors (Lipinski definition) is 0. The first-order valence-corrected chi connectivity index (χ1v) is 39.9. The average molecular weight is 1300 g/mol. The molecule has 0 aliphatic rings. The molecule has 0 aliphatic carbocycles. The van der Waals surface area contributed by atoms with Crippen LogP contribution < -0.4 is 0 Å². The van der Waals surface area contributed by atoms with Crippen LogP contribution in [0, 0.1) is 76.9 Å². The number of allylic oxidation sites excluding steroid dienone is 10. The molecule has 556 valence electrons. The van der Waals surface area contributed by atoms with Crippen molar-refractivity contribution in [1.82, 2.24) is 0 Å². The van der Waals surface area contributed by atoms with Crippen LogP contribution >= 0.6 is 0 Å². The van der Waals surface area contributed by atoms with Gasteiger partial charge in [0.15, 0.2) is 0 Å². The molecule has 0 N–H and O–H groups in total. The van der Waals surface area contributed by atoms with Crippen LogP contribution in [0.3, 0.4) is 0 Å². The molecule has 0 heteroatoms. The molecule has 0 heterocycles. The zero-order chi connectivity index (χ0) is 74.8. The number of rotatable bonds is 43. The van der Waals surface area contributed by atoms with E-state index in [1.165, 1.54) is 229 Å². The molecular weight excluding hydrogens is 1120 g/mol. The lowest BCUT2D eigenvalue weighted by atomic mass is 9.85. The fraction of sp³-hybridized carbons (Fsp3) is 0.785. The summed E-state index contributed by atoms with van der Waals surface area (Å²) in [5.41, 5.74) is 13.3. The van der Waals surface area contributed by atoms with Crippen molar-refractivity contribution in [3.05, 3.63) is 122 Å². The highest BCUT2D eigenvalue weighted by molar-refractivity contribution is 4.99. The third-order valence-electron chi connectivity index (χ3n) is 20.8. The normalized spacial score (nSPS) is 13.0. The molecule has 0 aromatic rings. The Kier molecular flexibility index (Phi) is 90.0. The summed E-state index contributed by atoms with van der Waals surface area (Å²) in [5.74, 6) is 10.5. The fourth-order valence-corrected chi connectivity index (χ4v) is 10.4. The standard InChI is InChI=1S/C15H28.C13H24.C13H26.C11H22.2C10H20.C8H16.C7H14.C6H14/c1-7-15(10-8-12(2)3)11-9-14(6)13(4)5;1-6-13(9-7-11(2)3)10-8-12(4)5;1-6-8-13(7-2)10-9-12(5)11(3)4;1-5-7-11(6-2)9-8-10(3)4;2*1-6-10(7-2)9(5)8(3)4;1-5-7(3)8(4)6-2;1-5-7(4)6(2)3;1-4-6(3)5-2/h14-15H,2,4,7-11H2,1,3,5-6H3;13H,2,4,6-10H2,1,3,5H3;12-13H,3,6-10H2,1-2,4-5H3;11H,3,5-9H2,1-2,4H3;2*9-10H,3,6-7H2,1-2,4-5H3;8H,3,5-6H2,1-2,4H3;6H,4-5H2,1-3H3;6H,4-5H2,1-3H3. The highest BCUT2D eigenvalue weighted by atomic mass is 14.2. The topological polar surface area (TPSA) is 0 Å². The van der Waals surface area contributed by atoms with Crippen LogP contribution in [0.25, 0.3) is 0 Å². The molecule has 8 unspecified atom stereocenters. The second kappa shape index (κ2) is 76.8. The maximum atomic E-state index is 4.02. The maximum Gasteiger partial charge on any atom is -0.0209 e. The second-order valence-electron chi connectivity index (χ2n) is 30.1. The molecule has 0 aromatic carbocycles. The number of hydrogen-bond acceptors (Lipinski definition) is 0. The first kappa shape index (κ1) is 109. The quantitative estimate of drug-likeness (QED) is 0.0534. The van der Waals surface area contributed by atoms with Crippen molar-refractivity contribution in [2.45, 2.75) is 401 Å². The van der Waals surface area contributed by atoms with Crippen molar-refractivity contribution in [3.63, 3.8) is 0 Å². The Morgan fingerprint density at radius 1 is 0.247 bits per heavy atom. The molecule has 0 nitrogen and oxygen atoms in total. The fourth-order valence-electron chi connectivity index (χ4n) is 10.4. The predicted octanol–water partition coefficient (Wildman–Crippen LogP) is 34.4. The van der Waals surface area contributed by atoms with E-state index < -0.39 is 0 Å². The van der Waals surface area contributed by atoms with Gasteiger partial charge in [0, 0.05) is 0 Å². The molecule has 0 radical (unpaired) electrons. The third-order valence-corrected chi connectivity index (χ3v) is 20.8. The van der Waals surface area contributed by atoms with Gasteiger partial charge >= 0.3 is 0 Å². The summed E-state index contributed by atoms with van der Waals surface area (Å²) < 4.78 is 0. The lowest BCUT2D eigenvalue weighted by molar-refractivity contribution is 0.380. The van der Waals surface area contributed by atoms with Gasteiger partial charge in [-0.05, 0) is 229 Å². The largest absolute Gasteiger partial charge is 0.100 e. The average Bonchev–Trinajstić information content (AvgIpc) is 3.14. The molecular formula is C93H184. The van der Waals surface area contributed by atoms with Crippen LogP contribution in [-0.2, 0) is 0 Å². The van der Waals surface area contributed by atoms with Crippen molar-refractivity contribution in [3.8, 4) is 0 Å². The summed E-state index contributed by atoms with van der Waals surface area (Å²) in [5, 5.41) is 0. The van der Waals surface area contributed by atoms with Crippen molar-refractivity contribution in [2.75, 3.05) is 0 Å². The minimum absolute atomic E-state index is 0.671. The molecule has 0 rings (SSSR count). The highest BCUT2D eigenvalue weighted by Gasteiger charge is 2.15. The van der Waals surface area contributed by atoms with Crippen molar-refractivity contribution >= 4 is 0 Å². The van der Waals surface area contributed by atoms with E-state index in [0.717, 1.165) is 60.2 Å². The van der Waals surface area contributed by atoms with E-state index in [9.17, 15) is 0 Å². The Morgan fingerprint density at radius 2 is 0.495 bits per heavy atom. The molecule has 0 fully saturated rings. The van der Waals surface area contributed by atoms with Gasteiger partial charge in [-0.25, -0.2) is 0 Å². The predicted molar refractivity (Wildman–Crippen MR) is 447 cm³/mol. The second-order valence-corrected chi connectivity index (χ2v) is 30.1. The van der Waals surface area contributed by atoms with E-state index in [1.54, 1.807) is 0 Å². The van der Waals surface area contributed by atoms with Gasteiger partial charge in [-0.1, -0.05) is 344 Å². The molecule has 0 aliphatic heterocycles. The monoisotopic (exact) mass is 1300 g/mol. The van der Waals surface area contributed by atoms with Crippen LogP contribution in [0.4, 0.5) is 0 Å². The van der Waals surface area contributed by atoms with Crippen LogP contribution in [-0.4, -0.2) is 0 Å². The van der Waals surface area contributed by atoms with Gasteiger partial charge in [-0.3, -0.25) is 0 Å². The van der Waals surface area contributed by atoms with Crippen LogP contribution in [0.15, 0.2) is 122 Å². The summed E-state index contributed by atoms with van der Waals surface area (Å²) in [6, 6.07) is 0. The van der Waals surface area contributed by atoms with Gasteiger partial charge in [-0.2, -0.15) is 0 Å². The molecule has 0 amide bonds. The molecule has 0 saturated heterocycles. The van der Waals surface area contributed by atoms with Gasteiger partial charge in [0.1, 0.15) is 0 Å². The lowest BCUT2D eigenvalue weighted by Gasteiger charge is -2.20. The first-order valence-electron chi connectivity index (χ1n) is 39.9. The summed E-state index contributed by atoms with van der Waals surface area (Å²) >= 11 is 0. The van der Waals surface area contributed by atoms with Crippen LogP contribution in [0.1, 0.15) is 401 Å². The molecule has 0 aromatic heterocycles. The summed E-state index contributed by atoms with van der Waals surface area (Å²) in [6.45, 7) is 108. The smallest absolute Gasteiger partial charge is 0.0209 e. The van der Waals surface area contributed by atoms with E-state index in [0.29, 0.717) is 29.6 Å². The molecule has 0 saturated carbocycles. The van der Waals surface area contributed by atoms with Crippen LogP contribution in [0.2, 0.25) is 0 Å². The van der Waals surface area contributed by atoms with Crippen molar-refractivity contribution < 1.29 is 0 Å². The summed E-state index contributed by atoms with van der Waals surface area (Å²) in [7, 11) is 0. The molecule has 8 atom stereocenters. The molecule has 0 spiro atoms. The minimum atomic E-state index is 0.671.